The molecule has 0 radical (unpaired) electrons. The van der Waals surface area contributed by atoms with Gasteiger partial charge in [0, 0.05) is 13.1 Å². The zero-order chi connectivity index (χ0) is 17.1. The number of aromatic hydroxyl groups is 1. The maximum absolute atomic E-state index is 13.5. The van der Waals surface area contributed by atoms with E-state index in [1.165, 1.54) is 4.90 Å². The Bertz CT molecular complexity index is 764. The number of nitrogens with zero attached hydrogens (tertiary/aromatic N) is 1. The number of rotatable bonds is 2. The number of hydrogen-bond donors (Lipinski definition) is 2. The summed E-state index contributed by atoms with van der Waals surface area (Å²) in [5.74, 6) is -1.53. The molecule has 124 valence electrons. The highest BCUT2D eigenvalue weighted by Crippen LogP contribution is 2.29. The van der Waals surface area contributed by atoms with Crippen molar-refractivity contribution in [2.45, 2.75) is 12.5 Å². The molecule has 0 aliphatic carbocycles. The Kier molecular flexibility index (Phi) is 4.46. The summed E-state index contributed by atoms with van der Waals surface area (Å²) >= 11 is 0. The zero-order valence-electron chi connectivity index (χ0n) is 12.9. The van der Waals surface area contributed by atoms with Gasteiger partial charge in [-0.1, -0.05) is 30.3 Å². The third-order valence-corrected chi connectivity index (χ3v) is 4.06. The summed E-state index contributed by atoms with van der Waals surface area (Å²) in [4.78, 5) is 26.3. The van der Waals surface area contributed by atoms with Gasteiger partial charge in [-0.25, -0.2) is 4.39 Å². The van der Waals surface area contributed by atoms with Gasteiger partial charge in [0.05, 0.1) is 18.0 Å². The summed E-state index contributed by atoms with van der Waals surface area (Å²) in [5, 5.41) is 12.7. The van der Waals surface area contributed by atoms with Crippen molar-refractivity contribution in [3.63, 3.8) is 0 Å². The van der Waals surface area contributed by atoms with Gasteiger partial charge in [0.15, 0.2) is 0 Å². The van der Waals surface area contributed by atoms with Crippen LogP contribution in [0, 0.1) is 5.82 Å². The molecule has 6 heteroatoms. The van der Waals surface area contributed by atoms with Crippen LogP contribution in [0.3, 0.4) is 0 Å². The SMILES string of the molecule is O=C1C[C@H](c2ccccc2)N(C(=O)c2cc(F)ccc2O)CCN1. The molecular formula is C18H17FN2O3. The standard InChI is InChI=1S/C18H17FN2O3/c19-13-6-7-16(22)14(10-13)18(24)21-9-8-20-17(23)11-15(21)12-4-2-1-3-5-12/h1-7,10,15,22H,8-9,11H2,(H,20,23)/t15-/m1/s1. The van der Waals surface area contributed by atoms with Gasteiger partial charge in [-0.2, -0.15) is 0 Å². The Morgan fingerprint density at radius 2 is 1.96 bits per heavy atom. The van der Waals surface area contributed by atoms with Crippen LogP contribution in [0.4, 0.5) is 4.39 Å². The number of amides is 2. The normalized spacial score (nSPS) is 18.0. The topological polar surface area (TPSA) is 69.6 Å². The van der Waals surface area contributed by atoms with Crippen LogP contribution >= 0.6 is 0 Å². The maximum Gasteiger partial charge on any atom is 0.258 e. The summed E-state index contributed by atoms with van der Waals surface area (Å²) in [6, 6.07) is 12.0. The first-order valence-electron chi connectivity index (χ1n) is 7.67. The first-order chi connectivity index (χ1) is 11.6. The molecule has 0 unspecified atom stereocenters. The lowest BCUT2D eigenvalue weighted by molar-refractivity contribution is -0.121. The molecule has 3 rings (SSSR count). The molecule has 0 bridgehead atoms. The number of benzene rings is 2. The summed E-state index contributed by atoms with van der Waals surface area (Å²) in [6.45, 7) is 0.587. The van der Waals surface area contributed by atoms with Gasteiger partial charge < -0.3 is 15.3 Å². The largest absolute Gasteiger partial charge is 0.507 e. The minimum Gasteiger partial charge on any atom is -0.507 e. The summed E-state index contributed by atoms with van der Waals surface area (Å²) in [6.07, 6.45) is 0.117. The van der Waals surface area contributed by atoms with Crippen LogP contribution in [0.5, 0.6) is 5.75 Å². The van der Waals surface area contributed by atoms with Crippen molar-refractivity contribution >= 4 is 11.8 Å². The number of phenols is 1. The van der Waals surface area contributed by atoms with E-state index in [-0.39, 0.29) is 30.2 Å². The third-order valence-electron chi connectivity index (χ3n) is 4.06. The van der Waals surface area contributed by atoms with Gasteiger partial charge in [-0.05, 0) is 23.8 Å². The number of phenolic OH excluding ortho intramolecular Hbond substituents is 1. The molecule has 0 spiro atoms. The van der Waals surface area contributed by atoms with E-state index in [2.05, 4.69) is 5.32 Å². The highest BCUT2D eigenvalue weighted by atomic mass is 19.1. The highest BCUT2D eigenvalue weighted by molar-refractivity contribution is 5.97. The lowest BCUT2D eigenvalue weighted by Crippen LogP contribution is -2.36. The van der Waals surface area contributed by atoms with Crippen molar-refractivity contribution in [1.82, 2.24) is 10.2 Å². The third kappa shape index (κ3) is 3.22. The van der Waals surface area contributed by atoms with Crippen LogP contribution in [0.15, 0.2) is 48.5 Å². The first kappa shape index (κ1) is 16.0. The van der Waals surface area contributed by atoms with E-state index in [0.29, 0.717) is 6.54 Å². The average Bonchev–Trinajstić information content (AvgIpc) is 2.79. The van der Waals surface area contributed by atoms with Crippen molar-refractivity contribution < 1.29 is 19.1 Å². The van der Waals surface area contributed by atoms with Crippen LogP contribution in [-0.4, -0.2) is 34.9 Å². The van der Waals surface area contributed by atoms with E-state index in [9.17, 15) is 19.1 Å². The van der Waals surface area contributed by atoms with E-state index in [0.717, 1.165) is 23.8 Å². The minimum absolute atomic E-state index is 0.106. The maximum atomic E-state index is 13.5. The average molecular weight is 328 g/mol. The first-order valence-corrected chi connectivity index (χ1v) is 7.67. The quantitative estimate of drug-likeness (QED) is 0.888. The fraction of sp³-hybridized carbons (Fsp3) is 0.222. The second-order valence-corrected chi connectivity index (χ2v) is 5.64. The predicted molar refractivity (Wildman–Crippen MR) is 85.9 cm³/mol. The summed E-state index contributed by atoms with van der Waals surface area (Å²) in [5.41, 5.74) is 0.712. The highest BCUT2D eigenvalue weighted by Gasteiger charge is 2.31. The Hall–Kier alpha value is -2.89. The number of nitrogens with one attached hydrogen (secondary N) is 1. The molecule has 2 amide bonds. The van der Waals surface area contributed by atoms with Crippen molar-refractivity contribution in [2.24, 2.45) is 0 Å². The zero-order valence-corrected chi connectivity index (χ0v) is 12.9. The number of halogens is 1. The Balaban J connectivity index is 2.00. The fourth-order valence-electron chi connectivity index (χ4n) is 2.88. The van der Waals surface area contributed by atoms with E-state index in [1.54, 1.807) is 0 Å². The molecule has 0 saturated carbocycles. The van der Waals surface area contributed by atoms with Crippen LogP contribution < -0.4 is 5.32 Å². The number of hydrogen-bond acceptors (Lipinski definition) is 3. The van der Waals surface area contributed by atoms with Crippen molar-refractivity contribution in [2.75, 3.05) is 13.1 Å². The lowest BCUT2D eigenvalue weighted by atomic mass is 10.0. The molecular weight excluding hydrogens is 311 g/mol. The van der Waals surface area contributed by atoms with Crippen molar-refractivity contribution in [3.05, 3.63) is 65.5 Å². The molecule has 2 aromatic carbocycles. The second kappa shape index (κ2) is 6.70. The fourth-order valence-corrected chi connectivity index (χ4v) is 2.88. The Morgan fingerprint density at radius 3 is 2.71 bits per heavy atom. The molecule has 2 aromatic rings. The van der Waals surface area contributed by atoms with Gasteiger partial charge in [-0.3, -0.25) is 9.59 Å². The smallest absolute Gasteiger partial charge is 0.258 e. The van der Waals surface area contributed by atoms with Crippen LogP contribution in [-0.2, 0) is 4.79 Å². The van der Waals surface area contributed by atoms with Gasteiger partial charge in [-0.15, -0.1) is 0 Å². The molecule has 0 aromatic heterocycles. The molecule has 2 N–H and O–H groups in total. The molecule has 1 aliphatic rings. The molecule has 1 fully saturated rings. The second-order valence-electron chi connectivity index (χ2n) is 5.64. The van der Waals surface area contributed by atoms with Crippen LogP contribution in [0.1, 0.15) is 28.4 Å². The van der Waals surface area contributed by atoms with E-state index in [4.69, 9.17) is 0 Å². The van der Waals surface area contributed by atoms with E-state index >= 15 is 0 Å². The van der Waals surface area contributed by atoms with Crippen LogP contribution in [0.2, 0.25) is 0 Å². The van der Waals surface area contributed by atoms with E-state index in [1.807, 2.05) is 30.3 Å². The Morgan fingerprint density at radius 1 is 1.21 bits per heavy atom. The van der Waals surface area contributed by atoms with Crippen LogP contribution in [0.25, 0.3) is 0 Å². The molecule has 1 atom stereocenters. The van der Waals surface area contributed by atoms with Gasteiger partial charge >= 0.3 is 0 Å². The number of carbonyl (C=O) groups is 2. The van der Waals surface area contributed by atoms with Crippen molar-refractivity contribution in [1.29, 1.82) is 0 Å². The van der Waals surface area contributed by atoms with Gasteiger partial charge in [0.1, 0.15) is 11.6 Å². The molecule has 1 heterocycles. The molecule has 5 nitrogen and oxygen atoms in total. The lowest BCUT2D eigenvalue weighted by Gasteiger charge is -2.29. The summed E-state index contributed by atoms with van der Waals surface area (Å²) < 4.78 is 13.5. The molecule has 1 saturated heterocycles. The Labute approximate surface area is 138 Å². The summed E-state index contributed by atoms with van der Waals surface area (Å²) in [7, 11) is 0. The van der Waals surface area contributed by atoms with Gasteiger partial charge in [0.25, 0.3) is 5.91 Å². The van der Waals surface area contributed by atoms with Crippen molar-refractivity contribution in [3.8, 4) is 5.75 Å². The monoisotopic (exact) mass is 328 g/mol. The van der Waals surface area contributed by atoms with E-state index < -0.39 is 17.8 Å². The molecule has 1 aliphatic heterocycles. The number of carbonyl (C=O) groups excluding carboxylic acids is 2. The minimum atomic E-state index is -0.601. The molecule has 24 heavy (non-hydrogen) atoms. The predicted octanol–water partition coefficient (Wildman–Crippen LogP) is 2.23. The van der Waals surface area contributed by atoms with Gasteiger partial charge in [0.2, 0.25) is 5.91 Å².